The second-order valence-corrected chi connectivity index (χ2v) is 4.82. The van der Waals surface area contributed by atoms with Gasteiger partial charge in [0.05, 0.1) is 0 Å². The van der Waals surface area contributed by atoms with Gasteiger partial charge in [-0.2, -0.15) is 0 Å². The van der Waals surface area contributed by atoms with Crippen molar-refractivity contribution in [2.24, 2.45) is 5.92 Å². The van der Waals surface area contributed by atoms with E-state index in [-0.39, 0.29) is 5.91 Å². The molecular formula is C14H21NO. The van der Waals surface area contributed by atoms with Crippen molar-refractivity contribution in [1.29, 1.82) is 0 Å². The summed E-state index contributed by atoms with van der Waals surface area (Å²) in [5.74, 6) is 0.986. The van der Waals surface area contributed by atoms with Crippen molar-refractivity contribution in [2.75, 3.05) is 6.54 Å². The van der Waals surface area contributed by atoms with Crippen LogP contribution in [-0.4, -0.2) is 23.4 Å². The molecule has 2 fully saturated rings. The first-order valence-corrected chi connectivity index (χ1v) is 6.43. The largest absolute Gasteiger partial charge is 0.336 e. The second kappa shape index (κ2) is 5.33. The fourth-order valence-corrected chi connectivity index (χ4v) is 3.02. The predicted molar refractivity (Wildman–Crippen MR) is 66.0 cm³/mol. The summed E-state index contributed by atoms with van der Waals surface area (Å²) in [6, 6.07) is 0.538. The zero-order chi connectivity index (χ0) is 11.4. The fraction of sp³-hybridized carbons (Fsp3) is 0.643. The van der Waals surface area contributed by atoms with E-state index in [9.17, 15) is 4.79 Å². The number of allylic oxidation sites excluding steroid dienone is 3. The van der Waals surface area contributed by atoms with Crippen LogP contribution in [0.25, 0.3) is 0 Å². The van der Waals surface area contributed by atoms with Crippen LogP contribution in [-0.2, 0) is 4.79 Å². The molecule has 1 aliphatic heterocycles. The minimum absolute atomic E-state index is 0.201. The molecule has 2 aliphatic rings. The maximum atomic E-state index is 12.0. The first kappa shape index (κ1) is 11.4. The summed E-state index contributed by atoms with van der Waals surface area (Å²) in [4.78, 5) is 14.1. The van der Waals surface area contributed by atoms with Gasteiger partial charge in [-0.1, -0.05) is 31.1 Å². The highest BCUT2D eigenvalue weighted by atomic mass is 16.2. The molecule has 1 heterocycles. The molecule has 1 saturated heterocycles. The van der Waals surface area contributed by atoms with Crippen LogP contribution in [0.4, 0.5) is 0 Å². The lowest BCUT2D eigenvalue weighted by Crippen LogP contribution is -2.38. The lowest BCUT2D eigenvalue weighted by atomic mass is 9.85. The Morgan fingerprint density at radius 3 is 2.81 bits per heavy atom. The maximum Gasteiger partial charge on any atom is 0.246 e. The molecule has 2 heteroatoms. The van der Waals surface area contributed by atoms with E-state index in [0.29, 0.717) is 6.04 Å². The van der Waals surface area contributed by atoms with E-state index < -0.39 is 0 Å². The summed E-state index contributed by atoms with van der Waals surface area (Å²) in [5.41, 5.74) is 0. The Morgan fingerprint density at radius 2 is 2.00 bits per heavy atom. The standard InChI is InChI=1S/C14H21NO/c1-2-3-4-9-14(16)15-11-10-12-7-5-6-8-13(12)15/h2-4,9,12-13H,5-8,10-11H2,1H3/b3-2+,9-4+. The van der Waals surface area contributed by atoms with Gasteiger partial charge in [-0.3, -0.25) is 4.79 Å². The van der Waals surface area contributed by atoms with E-state index in [2.05, 4.69) is 4.90 Å². The highest BCUT2D eigenvalue weighted by Crippen LogP contribution is 2.36. The van der Waals surface area contributed by atoms with E-state index in [4.69, 9.17) is 0 Å². The van der Waals surface area contributed by atoms with Crippen LogP contribution in [0.2, 0.25) is 0 Å². The average molecular weight is 219 g/mol. The smallest absolute Gasteiger partial charge is 0.246 e. The number of hydrogen-bond donors (Lipinski definition) is 0. The lowest BCUT2D eigenvalue weighted by Gasteiger charge is -2.31. The van der Waals surface area contributed by atoms with Crippen molar-refractivity contribution in [3.05, 3.63) is 24.3 Å². The first-order chi connectivity index (χ1) is 7.83. The van der Waals surface area contributed by atoms with Gasteiger partial charge in [-0.05, 0) is 32.1 Å². The molecule has 0 aromatic carbocycles. The zero-order valence-electron chi connectivity index (χ0n) is 10.1. The van der Waals surface area contributed by atoms with Gasteiger partial charge in [-0.15, -0.1) is 0 Å². The molecule has 0 N–H and O–H groups in total. The molecule has 2 unspecified atom stereocenters. The van der Waals surface area contributed by atoms with Gasteiger partial charge in [0.1, 0.15) is 0 Å². The summed E-state index contributed by atoms with van der Waals surface area (Å²) in [7, 11) is 0. The SMILES string of the molecule is C/C=C/C=C/C(=O)N1CCC2CCCCC21. The fourth-order valence-electron chi connectivity index (χ4n) is 3.02. The van der Waals surface area contributed by atoms with Crippen molar-refractivity contribution >= 4 is 5.91 Å². The van der Waals surface area contributed by atoms with Crippen molar-refractivity contribution in [1.82, 2.24) is 4.90 Å². The summed E-state index contributed by atoms with van der Waals surface area (Å²) < 4.78 is 0. The van der Waals surface area contributed by atoms with E-state index in [1.807, 2.05) is 25.2 Å². The third kappa shape index (κ3) is 2.37. The average Bonchev–Trinajstić information content (AvgIpc) is 2.73. The molecule has 88 valence electrons. The number of likely N-dealkylation sites (tertiary alicyclic amines) is 1. The van der Waals surface area contributed by atoms with Gasteiger partial charge in [0, 0.05) is 18.7 Å². The number of amides is 1. The van der Waals surface area contributed by atoms with Crippen LogP contribution < -0.4 is 0 Å². The predicted octanol–water partition coefficient (Wildman–Crippen LogP) is 2.91. The quantitative estimate of drug-likeness (QED) is 0.516. The topological polar surface area (TPSA) is 20.3 Å². The molecule has 0 aromatic heterocycles. The molecule has 1 saturated carbocycles. The number of nitrogens with zero attached hydrogens (tertiary/aromatic N) is 1. The van der Waals surface area contributed by atoms with Crippen molar-refractivity contribution in [3.8, 4) is 0 Å². The Morgan fingerprint density at radius 1 is 1.19 bits per heavy atom. The van der Waals surface area contributed by atoms with E-state index in [0.717, 1.165) is 12.5 Å². The molecule has 0 radical (unpaired) electrons. The van der Waals surface area contributed by atoms with Crippen LogP contribution in [0.5, 0.6) is 0 Å². The summed E-state index contributed by atoms with van der Waals surface area (Å²) >= 11 is 0. The van der Waals surface area contributed by atoms with Crippen molar-refractivity contribution < 1.29 is 4.79 Å². The Hall–Kier alpha value is -1.05. The molecule has 2 atom stereocenters. The molecule has 2 rings (SSSR count). The van der Waals surface area contributed by atoms with Gasteiger partial charge < -0.3 is 4.90 Å². The van der Waals surface area contributed by atoms with E-state index in [1.165, 1.54) is 32.1 Å². The number of carbonyl (C=O) groups is 1. The molecule has 1 aliphatic carbocycles. The van der Waals surface area contributed by atoms with Crippen LogP contribution in [0.15, 0.2) is 24.3 Å². The molecule has 0 bridgehead atoms. The molecular weight excluding hydrogens is 198 g/mol. The summed E-state index contributed by atoms with van der Waals surface area (Å²) in [6.07, 6.45) is 13.8. The van der Waals surface area contributed by atoms with Gasteiger partial charge in [0.15, 0.2) is 0 Å². The lowest BCUT2D eigenvalue weighted by molar-refractivity contribution is -0.127. The number of rotatable bonds is 2. The van der Waals surface area contributed by atoms with E-state index >= 15 is 0 Å². The highest BCUT2D eigenvalue weighted by Gasteiger charge is 2.37. The highest BCUT2D eigenvalue weighted by molar-refractivity contribution is 5.88. The van der Waals surface area contributed by atoms with E-state index in [1.54, 1.807) is 6.08 Å². The minimum Gasteiger partial charge on any atom is -0.336 e. The third-order valence-electron chi connectivity index (χ3n) is 3.84. The summed E-state index contributed by atoms with van der Waals surface area (Å²) in [5, 5.41) is 0. The maximum absolute atomic E-state index is 12.0. The van der Waals surface area contributed by atoms with Crippen LogP contribution >= 0.6 is 0 Å². The third-order valence-corrected chi connectivity index (χ3v) is 3.84. The van der Waals surface area contributed by atoms with Gasteiger partial charge in [0.2, 0.25) is 5.91 Å². The second-order valence-electron chi connectivity index (χ2n) is 4.82. The molecule has 16 heavy (non-hydrogen) atoms. The van der Waals surface area contributed by atoms with Crippen LogP contribution in [0.1, 0.15) is 39.0 Å². The Labute approximate surface area is 98.0 Å². The number of carbonyl (C=O) groups excluding carboxylic acids is 1. The van der Waals surface area contributed by atoms with Crippen molar-refractivity contribution in [3.63, 3.8) is 0 Å². The van der Waals surface area contributed by atoms with Gasteiger partial charge in [-0.25, -0.2) is 0 Å². The molecule has 0 spiro atoms. The monoisotopic (exact) mass is 219 g/mol. The Bertz CT molecular complexity index is 306. The van der Waals surface area contributed by atoms with Crippen LogP contribution in [0.3, 0.4) is 0 Å². The minimum atomic E-state index is 0.201. The van der Waals surface area contributed by atoms with Gasteiger partial charge >= 0.3 is 0 Å². The van der Waals surface area contributed by atoms with Crippen LogP contribution in [0, 0.1) is 5.92 Å². The number of hydrogen-bond acceptors (Lipinski definition) is 1. The molecule has 2 nitrogen and oxygen atoms in total. The Kier molecular flexibility index (Phi) is 3.81. The number of fused-ring (bicyclic) bond motifs is 1. The normalized spacial score (nSPS) is 30.2. The zero-order valence-corrected chi connectivity index (χ0v) is 10.1. The first-order valence-electron chi connectivity index (χ1n) is 6.43. The molecule has 1 amide bonds. The summed E-state index contributed by atoms with van der Waals surface area (Å²) in [6.45, 7) is 2.93. The molecule has 0 aromatic rings. The van der Waals surface area contributed by atoms with Crippen molar-refractivity contribution in [2.45, 2.75) is 45.1 Å². The Balaban J connectivity index is 1.96. The van der Waals surface area contributed by atoms with Gasteiger partial charge in [0.25, 0.3) is 0 Å².